The molecule has 33 heavy (non-hydrogen) atoms. The zero-order valence-corrected chi connectivity index (χ0v) is 21.4. The number of esters is 1. The highest BCUT2D eigenvalue weighted by Gasteiger charge is 2.41. The Labute approximate surface area is 199 Å². The Morgan fingerprint density at radius 1 is 1.06 bits per heavy atom. The summed E-state index contributed by atoms with van der Waals surface area (Å²) >= 11 is 0. The fourth-order valence-corrected chi connectivity index (χ4v) is 5.29. The average Bonchev–Trinajstić information content (AvgIpc) is 3.17. The SMILES string of the molecule is CC(C)(C)[Si](C)(C)OC[C@H](Cc1ccccc1)N1C2=C(C=CC1c1ccccc1)C(=O)OC2. The summed E-state index contributed by atoms with van der Waals surface area (Å²) in [6.45, 7) is 12.3. The van der Waals surface area contributed by atoms with Crippen LogP contribution in [0.15, 0.2) is 84.1 Å². The summed E-state index contributed by atoms with van der Waals surface area (Å²) in [4.78, 5) is 14.8. The van der Waals surface area contributed by atoms with Gasteiger partial charge in [0.05, 0.1) is 30.0 Å². The van der Waals surface area contributed by atoms with Crippen LogP contribution in [0.25, 0.3) is 0 Å². The number of ether oxygens (including phenoxy) is 1. The minimum atomic E-state index is -1.96. The van der Waals surface area contributed by atoms with E-state index >= 15 is 0 Å². The number of carbonyl (C=O) groups is 1. The van der Waals surface area contributed by atoms with E-state index in [9.17, 15) is 4.79 Å². The van der Waals surface area contributed by atoms with E-state index in [0.717, 1.165) is 12.1 Å². The quantitative estimate of drug-likeness (QED) is 0.372. The molecule has 0 bridgehead atoms. The number of hydrogen-bond acceptors (Lipinski definition) is 4. The van der Waals surface area contributed by atoms with E-state index in [-0.39, 0.29) is 23.1 Å². The van der Waals surface area contributed by atoms with E-state index in [1.165, 1.54) is 11.1 Å². The molecule has 174 valence electrons. The Balaban J connectivity index is 1.73. The lowest BCUT2D eigenvalue weighted by Crippen LogP contribution is -2.48. The minimum absolute atomic E-state index is 0.0242. The maximum absolute atomic E-state index is 12.4. The van der Waals surface area contributed by atoms with Crippen LogP contribution in [0, 0.1) is 0 Å². The molecule has 2 aromatic rings. The molecule has 2 atom stereocenters. The van der Waals surface area contributed by atoms with E-state index in [1.807, 2.05) is 18.2 Å². The van der Waals surface area contributed by atoms with Crippen LogP contribution in [-0.4, -0.2) is 38.4 Å². The summed E-state index contributed by atoms with van der Waals surface area (Å²) in [7, 11) is -1.96. The standard InChI is InChI=1S/C28H35NO3Si/c1-28(2,3)33(4,5)32-19-23(18-21-12-8-6-9-13-21)29-25(22-14-10-7-11-15-22)17-16-24-26(29)20-31-27(24)30/h6-17,23,25H,18-20H2,1-5H3/t23-,25?/m0/s1. The lowest BCUT2D eigenvalue weighted by molar-refractivity contribution is -0.135. The maximum Gasteiger partial charge on any atom is 0.340 e. The Kier molecular flexibility index (Phi) is 6.64. The molecule has 0 N–H and O–H groups in total. The normalized spacial score (nSPS) is 19.5. The topological polar surface area (TPSA) is 38.8 Å². The van der Waals surface area contributed by atoms with E-state index in [2.05, 4.69) is 93.4 Å². The Morgan fingerprint density at radius 3 is 2.33 bits per heavy atom. The summed E-state index contributed by atoms with van der Waals surface area (Å²) in [6, 6.07) is 21.1. The molecule has 4 nitrogen and oxygen atoms in total. The van der Waals surface area contributed by atoms with Crippen molar-refractivity contribution >= 4 is 14.3 Å². The molecular weight excluding hydrogens is 426 g/mol. The highest BCUT2D eigenvalue weighted by atomic mass is 28.4. The smallest absolute Gasteiger partial charge is 0.340 e. The number of benzene rings is 2. The van der Waals surface area contributed by atoms with Crippen LogP contribution in [-0.2, 0) is 20.4 Å². The molecule has 2 aliphatic heterocycles. The zero-order chi connectivity index (χ0) is 23.6. The van der Waals surface area contributed by atoms with Gasteiger partial charge < -0.3 is 14.1 Å². The van der Waals surface area contributed by atoms with Crippen LogP contribution in [0.4, 0.5) is 0 Å². The van der Waals surface area contributed by atoms with Crippen molar-refractivity contribution in [3.63, 3.8) is 0 Å². The van der Waals surface area contributed by atoms with Crippen molar-refractivity contribution in [2.45, 2.75) is 57.4 Å². The van der Waals surface area contributed by atoms with Crippen LogP contribution in [0.5, 0.6) is 0 Å². The van der Waals surface area contributed by atoms with Crippen LogP contribution in [0.1, 0.15) is 37.9 Å². The third kappa shape index (κ3) is 4.99. The van der Waals surface area contributed by atoms with Gasteiger partial charge in [-0.05, 0) is 41.8 Å². The first-order chi connectivity index (χ1) is 15.7. The minimum Gasteiger partial charge on any atom is -0.456 e. The van der Waals surface area contributed by atoms with E-state index in [1.54, 1.807) is 0 Å². The predicted molar refractivity (Wildman–Crippen MR) is 135 cm³/mol. The highest BCUT2D eigenvalue weighted by Crippen LogP contribution is 2.40. The van der Waals surface area contributed by atoms with Crippen molar-refractivity contribution in [3.8, 4) is 0 Å². The van der Waals surface area contributed by atoms with Crippen molar-refractivity contribution in [2.75, 3.05) is 13.2 Å². The molecule has 2 aromatic carbocycles. The molecule has 0 saturated carbocycles. The van der Waals surface area contributed by atoms with Gasteiger partial charge in [-0.3, -0.25) is 0 Å². The van der Waals surface area contributed by atoms with Gasteiger partial charge in [0, 0.05) is 0 Å². The molecule has 0 amide bonds. The van der Waals surface area contributed by atoms with Crippen LogP contribution in [0.3, 0.4) is 0 Å². The first-order valence-corrected chi connectivity index (χ1v) is 14.7. The second kappa shape index (κ2) is 9.32. The summed E-state index contributed by atoms with van der Waals surface area (Å²) in [5.74, 6) is -0.235. The van der Waals surface area contributed by atoms with E-state index in [0.29, 0.717) is 18.8 Å². The van der Waals surface area contributed by atoms with Gasteiger partial charge in [-0.1, -0.05) is 87.5 Å². The van der Waals surface area contributed by atoms with Gasteiger partial charge in [0.1, 0.15) is 6.61 Å². The monoisotopic (exact) mass is 461 g/mol. The van der Waals surface area contributed by atoms with Crippen LogP contribution < -0.4 is 0 Å². The number of nitrogens with zero attached hydrogens (tertiary/aromatic N) is 1. The van der Waals surface area contributed by atoms with Gasteiger partial charge in [0.25, 0.3) is 0 Å². The van der Waals surface area contributed by atoms with Crippen molar-refractivity contribution in [2.24, 2.45) is 0 Å². The summed E-state index contributed by atoms with van der Waals surface area (Å²) in [6.07, 6.45) is 4.90. The van der Waals surface area contributed by atoms with Crippen molar-refractivity contribution < 1.29 is 14.0 Å². The molecule has 0 spiro atoms. The molecule has 2 heterocycles. The molecule has 0 aliphatic carbocycles. The third-order valence-electron chi connectivity index (χ3n) is 7.22. The van der Waals surface area contributed by atoms with Crippen LogP contribution >= 0.6 is 0 Å². The Bertz CT molecular complexity index is 1040. The Morgan fingerprint density at radius 2 is 1.70 bits per heavy atom. The second-order valence-corrected chi connectivity index (χ2v) is 15.3. The number of carbonyl (C=O) groups excluding carboxylic acids is 1. The molecule has 2 aliphatic rings. The van der Waals surface area contributed by atoms with Gasteiger partial charge in [0.2, 0.25) is 0 Å². The van der Waals surface area contributed by atoms with Gasteiger partial charge in [-0.15, -0.1) is 0 Å². The molecule has 0 saturated heterocycles. The Hall–Kier alpha value is -2.63. The zero-order valence-electron chi connectivity index (χ0n) is 20.4. The maximum atomic E-state index is 12.4. The molecule has 4 rings (SSSR count). The van der Waals surface area contributed by atoms with Crippen molar-refractivity contribution in [1.29, 1.82) is 0 Å². The third-order valence-corrected chi connectivity index (χ3v) is 11.7. The molecular formula is C28H35NO3Si. The average molecular weight is 462 g/mol. The molecule has 0 aromatic heterocycles. The molecule has 1 unspecified atom stereocenters. The van der Waals surface area contributed by atoms with E-state index < -0.39 is 8.32 Å². The van der Waals surface area contributed by atoms with Gasteiger partial charge >= 0.3 is 5.97 Å². The number of cyclic esters (lactones) is 1. The number of rotatable bonds is 7. The van der Waals surface area contributed by atoms with Crippen molar-refractivity contribution in [1.82, 2.24) is 4.90 Å². The van der Waals surface area contributed by atoms with Gasteiger partial charge in [0.15, 0.2) is 8.32 Å². The summed E-state index contributed by atoms with van der Waals surface area (Å²) in [5, 5.41) is 0.127. The molecule has 0 radical (unpaired) electrons. The first kappa shape index (κ1) is 23.5. The van der Waals surface area contributed by atoms with E-state index in [4.69, 9.17) is 9.16 Å². The second-order valence-electron chi connectivity index (χ2n) is 10.5. The highest BCUT2D eigenvalue weighted by molar-refractivity contribution is 6.74. The number of hydrogen-bond donors (Lipinski definition) is 0. The summed E-state index contributed by atoms with van der Waals surface area (Å²) < 4.78 is 12.2. The first-order valence-electron chi connectivity index (χ1n) is 11.8. The van der Waals surface area contributed by atoms with Gasteiger partial charge in [-0.25, -0.2) is 4.79 Å². The van der Waals surface area contributed by atoms with Crippen molar-refractivity contribution in [3.05, 3.63) is 95.2 Å². The lowest BCUT2D eigenvalue weighted by atomic mass is 9.94. The molecule has 5 heteroatoms. The van der Waals surface area contributed by atoms with Gasteiger partial charge in [-0.2, -0.15) is 0 Å². The van der Waals surface area contributed by atoms with Crippen LogP contribution in [0.2, 0.25) is 18.1 Å². The predicted octanol–water partition coefficient (Wildman–Crippen LogP) is 6.04. The fraction of sp³-hybridized carbons (Fsp3) is 0.393. The largest absolute Gasteiger partial charge is 0.456 e. The lowest BCUT2D eigenvalue weighted by Gasteiger charge is -2.44. The molecule has 0 fully saturated rings. The summed E-state index contributed by atoms with van der Waals surface area (Å²) in [5.41, 5.74) is 4.10. The fourth-order valence-electron chi connectivity index (χ4n) is 4.25.